The Kier molecular flexibility index (Phi) is 5.80. The fourth-order valence-electron chi connectivity index (χ4n) is 2.96. The number of esters is 1. The third kappa shape index (κ3) is 4.31. The van der Waals surface area contributed by atoms with Crippen LogP contribution in [0.3, 0.4) is 0 Å². The monoisotopic (exact) mass is 366 g/mol. The van der Waals surface area contributed by atoms with Crippen LogP contribution in [0.15, 0.2) is 48.8 Å². The van der Waals surface area contributed by atoms with Crippen LogP contribution in [-0.2, 0) is 16.0 Å². The van der Waals surface area contributed by atoms with E-state index in [0.717, 1.165) is 5.56 Å². The van der Waals surface area contributed by atoms with Gasteiger partial charge in [-0.05, 0) is 31.9 Å². The molecule has 0 aliphatic carbocycles. The molecule has 1 amide bonds. The van der Waals surface area contributed by atoms with Crippen molar-refractivity contribution in [1.29, 1.82) is 0 Å². The molecule has 0 spiro atoms. The molecule has 0 fully saturated rings. The zero-order chi connectivity index (χ0) is 19.2. The van der Waals surface area contributed by atoms with E-state index in [1.807, 2.05) is 30.3 Å². The average Bonchev–Trinajstić information content (AvgIpc) is 3.01. The zero-order valence-electron chi connectivity index (χ0n) is 15.4. The molecule has 2 aromatic heterocycles. The van der Waals surface area contributed by atoms with Gasteiger partial charge in [0.1, 0.15) is 5.56 Å². The van der Waals surface area contributed by atoms with Crippen molar-refractivity contribution in [2.75, 3.05) is 13.2 Å². The Bertz CT molecular complexity index is 937. The van der Waals surface area contributed by atoms with Gasteiger partial charge in [0.05, 0.1) is 18.2 Å². The van der Waals surface area contributed by atoms with E-state index in [9.17, 15) is 9.59 Å². The van der Waals surface area contributed by atoms with Crippen LogP contribution in [0.4, 0.5) is 0 Å². The fraction of sp³-hybridized carbons (Fsp3) is 0.300. The first-order valence-corrected chi connectivity index (χ1v) is 8.89. The van der Waals surface area contributed by atoms with Crippen LogP contribution in [0.2, 0.25) is 0 Å². The van der Waals surface area contributed by atoms with Gasteiger partial charge in [-0.15, -0.1) is 0 Å². The van der Waals surface area contributed by atoms with Gasteiger partial charge in [-0.1, -0.05) is 30.3 Å². The molecule has 7 nitrogen and oxygen atoms in total. The van der Waals surface area contributed by atoms with Gasteiger partial charge in [-0.2, -0.15) is 5.10 Å². The van der Waals surface area contributed by atoms with E-state index in [2.05, 4.69) is 15.4 Å². The summed E-state index contributed by atoms with van der Waals surface area (Å²) in [5, 5.41) is 7.14. The highest BCUT2D eigenvalue weighted by Gasteiger charge is 2.23. The zero-order valence-corrected chi connectivity index (χ0v) is 15.4. The molecule has 1 aromatic carbocycles. The van der Waals surface area contributed by atoms with Gasteiger partial charge >= 0.3 is 5.97 Å². The number of hydrogen-bond acceptors (Lipinski definition) is 5. The molecule has 2 heterocycles. The molecule has 3 rings (SSSR count). The summed E-state index contributed by atoms with van der Waals surface area (Å²) in [5.41, 5.74) is 2.50. The Labute approximate surface area is 157 Å². The molecule has 0 bridgehead atoms. The summed E-state index contributed by atoms with van der Waals surface area (Å²) in [6.45, 7) is 4.01. The van der Waals surface area contributed by atoms with Gasteiger partial charge in [0.2, 0.25) is 0 Å². The average molecular weight is 366 g/mol. The van der Waals surface area contributed by atoms with Crippen molar-refractivity contribution in [3.63, 3.8) is 0 Å². The molecule has 0 aliphatic rings. The lowest BCUT2D eigenvalue weighted by Crippen LogP contribution is -2.35. The normalized spacial score (nSPS) is 11.9. The van der Waals surface area contributed by atoms with Crippen LogP contribution < -0.4 is 5.32 Å². The molecule has 1 N–H and O–H groups in total. The number of benzene rings is 1. The third-order valence-corrected chi connectivity index (χ3v) is 4.25. The second-order valence-corrected chi connectivity index (χ2v) is 6.20. The van der Waals surface area contributed by atoms with Gasteiger partial charge in [0.25, 0.3) is 5.91 Å². The Morgan fingerprint density at radius 2 is 2.00 bits per heavy atom. The predicted molar refractivity (Wildman–Crippen MR) is 100 cm³/mol. The maximum Gasteiger partial charge on any atom is 0.311 e. The quantitative estimate of drug-likeness (QED) is 0.648. The Hall–Kier alpha value is -3.22. The van der Waals surface area contributed by atoms with Crippen molar-refractivity contribution in [2.24, 2.45) is 5.92 Å². The van der Waals surface area contributed by atoms with E-state index in [4.69, 9.17) is 4.74 Å². The van der Waals surface area contributed by atoms with Crippen LogP contribution in [0.1, 0.15) is 28.5 Å². The number of carbonyl (C=O) groups excluding carboxylic acids is 2. The Balaban J connectivity index is 1.74. The maximum absolute atomic E-state index is 12.7. The summed E-state index contributed by atoms with van der Waals surface area (Å²) in [5.74, 6) is -1.09. The Morgan fingerprint density at radius 3 is 2.74 bits per heavy atom. The molecule has 3 aromatic rings. The van der Waals surface area contributed by atoms with Gasteiger partial charge in [-0.3, -0.25) is 9.59 Å². The summed E-state index contributed by atoms with van der Waals surface area (Å²) >= 11 is 0. The van der Waals surface area contributed by atoms with Crippen LogP contribution >= 0.6 is 0 Å². The molecular formula is C20H22N4O3. The highest BCUT2D eigenvalue weighted by molar-refractivity contribution is 6.01. The number of amides is 1. The maximum atomic E-state index is 12.7. The van der Waals surface area contributed by atoms with Crippen molar-refractivity contribution >= 4 is 17.5 Å². The molecule has 1 unspecified atom stereocenters. The number of aromatic nitrogens is 3. The molecule has 7 heteroatoms. The van der Waals surface area contributed by atoms with E-state index in [0.29, 0.717) is 29.9 Å². The Morgan fingerprint density at radius 1 is 1.22 bits per heavy atom. The lowest BCUT2D eigenvalue weighted by molar-refractivity contribution is -0.147. The standard InChI is InChI=1S/C20H22N4O3/c1-3-27-20(26)16(12-15-8-5-4-6-9-15)13-22-19(25)17-14(2)23-24-11-7-10-21-18(17)24/h4-11,16H,3,12-13H2,1-2H3,(H,22,25). The highest BCUT2D eigenvalue weighted by Crippen LogP contribution is 2.14. The lowest BCUT2D eigenvalue weighted by Gasteiger charge is -2.16. The van der Waals surface area contributed by atoms with Gasteiger partial charge < -0.3 is 10.1 Å². The van der Waals surface area contributed by atoms with E-state index in [-0.39, 0.29) is 18.4 Å². The summed E-state index contributed by atoms with van der Waals surface area (Å²) in [4.78, 5) is 29.3. The molecular weight excluding hydrogens is 344 g/mol. The first-order valence-electron chi connectivity index (χ1n) is 8.89. The topological polar surface area (TPSA) is 85.6 Å². The summed E-state index contributed by atoms with van der Waals surface area (Å²) in [6, 6.07) is 11.4. The number of aryl methyl sites for hydroxylation is 1. The second kappa shape index (κ2) is 8.44. The van der Waals surface area contributed by atoms with Crippen molar-refractivity contribution in [3.05, 3.63) is 65.6 Å². The first kappa shape index (κ1) is 18.6. The summed E-state index contributed by atoms with van der Waals surface area (Å²) in [6.07, 6.45) is 3.85. The summed E-state index contributed by atoms with van der Waals surface area (Å²) < 4.78 is 6.74. The van der Waals surface area contributed by atoms with Gasteiger partial charge in [0.15, 0.2) is 5.65 Å². The van der Waals surface area contributed by atoms with Crippen molar-refractivity contribution < 1.29 is 14.3 Å². The molecule has 27 heavy (non-hydrogen) atoms. The summed E-state index contributed by atoms with van der Waals surface area (Å²) in [7, 11) is 0. The number of nitrogens with one attached hydrogen (secondary N) is 1. The number of nitrogens with zero attached hydrogens (tertiary/aromatic N) is 3. The number of rotatable bonds is 7. The molecule has 140 valence electrons. The smallest absolute Gasteiger partial charge is 0.311 e. The SMILES string of the molecule is CCOC(=O)C(CNC(=O)c1c(C)nn2cccnc12)Cc1ccccc1. The van der Waals surface area contributed by atoms with E-state index in [1.165, 1.54) is 0 Å². The van der Waals surface area contributed by atoms with E-state index in [1.54, 1.807) is 36.8 Å². The molecule has 0 aliphatic heterocycles. The van der Waals surface area contributed by atoms with Gasteiger partial charge in [-0.25, -0.2) is 9.50 Å². The van der Waals surface area contributed by atoms with Gasteiger partial charge in [0, 0.05) is 18.9 Å². The highest BCUT2D eigenvalue weighted by atomic mass is 16.5. The number of ether oxygens (including phenoxy) is 1. The molecule has 0 saturated heterocycles. The number of hydrogen-bond donors (Lipinski definition) is 1. The molecule has 0 saturated carbocycles. The minimum atomic E-state index is -0.466. The first-order chi connectivity index (χ1) is 13.1. The van der Waals surface area contributed by atoms with E-state index >= 15 is 0 Å². The van der Waals surface area contributed by atoms with E-state index < -0.39 is 5.92 Å². The van der Waals surface area contributed by atoms with Crippen LogP contribution in [-0.4, -0.2) is 39.6 Å². The fourth-order valence-corrected chi connectivity index (χ4v) is 2.96. The largest absolute Gasteiger partial charge is 0.466 e. The molecule has 1 atom stereocenters. The number of carbonyl (C=O) groups is 2. The van der Waals surface area contributed by atoms with Crippen molar-refractivity contribution in [1.82, 2.24) is 19.9 Å². The second-order valence-electron chi connectivity index (χ2n) is 6.20. The molecule has 0 radical (unpaired) electrons. The van der Waals surface area contributed by atoms with Crippen LogP contribution in [0.25, 0.3) is 5.65 Å². The van der Waals surface area contributed by atoms with Crippen molar-refractivity contribution in [3.8, 4) is 0 Å². The van der Waals surface area contributed by atoms with Crippen LogP contribution in [0, 0.1) is 12.8 Å². The predicted octanol–water partition coefficient (Wildman–Crippen LogP) is 2.19. The van der Waals surface area contributed by atoms with Crippen molar-refractivity contribution in [2.45, 2.75) is 20.3 Å². The minimum absolute atomic E-state index is 0.177. The minimum Gasteiger partial charge on any atom is -0.466 e. The number of fused-ring (bicyclic) bond motifs is 1. The lowest BCUT2D eigenvalue weighted by atomic mass is 9.99. The third-order valence-electron chi connectivity index (χ3n) is 4.25. The van der Waals surface area contributed by atoms with Crippen LogP contribution in [0.5, 0.6) is 0 Å².